The van der Waals surface area contributed by atoms with E-state index in [2.05, 4.69) is 10.6 Å². The maximum absolute atomic E-state index is 13.4. The van der Waals surface area contributed by atoms with E-state index in [0.29, 0.717) is 25.7 Å². The molecule has 0 bridgehead atoms. The van der Waals surface area contributed by atoms with Crippen LogP contribution in [0.25, 0.3) is 0 Å². The number of urea groups is 1. The summed E-state index contributed by atoms with van der Waals surface area (Å²) in [6.45, 7) is 0.207. The van der Waals surface area contributed by atoms with E-state index in [4.69, 9.17) is 5.11 Å². The van der Waals surface area contributed by atoms with E-state index in [-0.39, 0.29) is 37.8 Å². The predicted molar refractivity (Wildman–Crippen MR) is 94.2 cm³/mol. The Labute approximate surface area is 152 Å². The maximum atomic E-state index is 13.4. The van der Waals surface area contributed by atoms with Crippen LogP contribution in [0.15, 0.2) is 30.3 Å². The summed E-state index contributed by atoms with van der Waals surface area (Å²) in [5.41, 5.74) is 0.995. The minimum Gasteiger partial charge on any atom is -0.481 e. The number of hydrogen-bond acceptors (Lipinski definition) is 2. The highest BCUT2D eigenvalue weighted by molar-refractivity contribution is 5.74. The van der Waals surface area contributed by atoms with Crippen molar-refractivity contribution >= 4 is 12.0 Å². The van der Waals surface area contributed by atoms with Gasteiger partial charge in [-0.25, -0.2) is 13.6 Å². The Hall–Kier alpha value is -2.18. The summed E-state index contributed by atoms with van der Waals surface area (Å²) in [5, 5.41) is 14.3. The molecule has 2 unspecified atom stereocenters. The highest BCUT2D eigenvalue weighted by Gasteiger charge is 2.36. The van der Waals surface area contributed by atoms with Crippen LogP contribution in [0.1, 0.15) is 44.1 Å². The van der Waals surface area contributed by atoms with Crippen LogP contribution in [-0.4, -0.2) is 35.6 Å². The quantitative estimate of drug-likeness (QED) is 0.656. The van der Waals surface area contributed by atoms with E-state index >= 15 is 0 Å². The van der Waals surface area contributed by atoms with E-state index in [9.17, 15) is 18.4 Å². The van der Waals surface area contributed by atoms with Gasteiger partial charge in [-0.15, -0.1) is 0 Å². The Bertz CT molecular complexity index is 596. The molecule has 1 fully saturated rings. The predicted octanol–water partition coefficient (Wildman–Crippen LogP) is 3.59. The third kappa shape index (κ3) is 7.37. The van der Waals surface area contributed by atoms with E-state index < -0.39 is 17.9 Å². The van der Waals surface area contributed by atoms with Gasteiger partial charge in [-0.3, -0.25) is 4.79 Å². The molecule has 1 saturated carbocycles. The van der Waals surface area contributed by atoms with Crippen molar-refractivity contribution in [2.75, 3.05) is 6.54 Å². The molecule has 7 heteroatoms. The minimum absolute atomic E-state index is 0.0490. The molecule has 0 aromatic heterocycles. The molecule has 1 aliphatic rings. The first kappa shape index (κ1) is 20.1. The number of aliphatic carboxylic acids is 1. The molecule has 2 rings (SSSR count). The molecule has 5 nitrogen and oxygen atoms in total. The average Bonchev–Trinajstić information content (AvgIpc) is 2.58. The summed E-state index contributed by atoms with van der Waals surface area (Å²) < 4.78 is 26.8. The fourth-order valence-electron chi connectivity index (χ4n) is 3.35. The average molecular weight is 368 g/mol. The van der Waals surface area contributed by atoms with E-state index in [1.54, 1.807) is 0 Å². The van der Waals surface area contributed by atoms with Gasteiger partial charge in [0.2, 0.25) is 5.92 Å². The summed E-state index contributed by atoms with van der Waals surface area (Å²) in [5.74, 6) is -3.79. The summed E-state index contributed by atoms with van der Waals surface area (Å²) in [6, 6.07) is 8.71. The first-order valence-corrected chi connectivity index (χ1v) is 9.02. The largest absolute Gasteiger partial charge is 0.481 e. The molecular weight excluding hydrogens is 342 g/mol. The van der Waals surface area contributed by atoms with Crippen LogP contribution in [0.4, 0.5) is 13.6 Å². The number of carboxylic acids is 1. The highest BCUT2D eigenvalue weighted by Crippen LogP contribution is 2.36. The molecule has 0 saturated heterocycles. The number of carboxylic acid groups (broad SMARTS) is 1. The summed E-state index contributed by atoms with van der Waals surface area (Å²) in [6.07, 6.45) is 1.65. The lowest BCUT2D eigenvalue weighted by atomic mass is 9.86. The summed E-state index contributed by atoms with van der Waals surface area (Å²) >= 11 is 0. The Morgan fingerprint density at radius 2 is 2.00 bits per heavy atom. The molecule has 0 aliphatic heterocycles. The van der Waals surface area contributed by atoms with Gasteiger partial charge in [0.25, 0.3) is 0 Å². The number of amides is 2. The third-order valence-corrected chi connectivity index (χ3v) is 4.66. The van der Waals surface area contributed by atoms with Crippen molar-refractivity contribution in [2.24, 2.45) is 5.92 Å². The zero-order valence-corrected chi connectivity index (χ0v) is 14.7. The van der Waals surface area contributed by atoms with Gasteiger partial charge in [-0.2, -0.15) is 0 Å². The van der Waals surface area contributed by atoms with Crippen molar-refractivity contribution in [1.29, 1.82) is 0 Å². The molecule has 0 heterocycles. The van der Waals surface area contributed by atoms with Crippen molar-refractivity contribution in [2.45, 2.75) is 56.9 Å². The number of carbonyl (C=O) groups excluding carboxylic acids is 1. The summed E-state index contributed by atoms with van der Waals surface area (Å²) in [7, 11) is 0. The summed E-state index contributed by atoms with van der Waals surface area (Å²) in [4.78, 5) is 23.0. The monoisotopic (exact) mass is 368 g/mol. The lowest BCUT2D eigenvalue weighted by Crippen LogP contribution is -2.45. The van der Waals surface area contributed by atoms with Crippen LogP contribution in [-0.2, 0) is 11.2 Å². The normalized spacial score (nSPS) is 20.2. The fraction of sp³-hybridized carbons (Fsp3) is 0.579. The fourth-order valence-corrected chi connectivity index (χ4v) is 3.35. The molecule has 1 aromatic rings. The SMILES string of the molecule is O=C(O)CCC(Cc1ccccc1)NC(=O)NCC1CCCC(F)(F)C1. The van der Waals surface area contributed by atoms with Crippen molar-refractivity contribution in [3.63, 3.8) is 0 Å². The molecule has 1 aromatic carbocycles. The van der Waals surface area contributed by atoms with Crippen LogP contribution < -0.4 is 10.6 Å². The van der Waals surface area contributed by atoms with Gasteiger partial charge in [-0.05, 0) is 37.2 Å². The molecule has 3 N–H and O–H groups in total. The second kappa shape index (κ2) is 9.50. The Morgan fingerprint density at radius 1 is 1.27 bits per heavy atom. The zero-order valence-electron chi connectivity index (χ0n) is 14.7. The van der Waals surface area contributed by atoms with Gasteiger partial charge in [0.15, 0.2) is 0 Å². The van der Waals surface area contributed by atoms with E-state index in [0.717, 1.165) is 5.56 Å². The number of alkyl halides is 2. The smallest absolute Gasteiger partial charge is 0.315 e. The molecule has 0 radical (unpaired) electrons. The number of hydrogen-bond donors (Lipinski definition) is 3. The molecule has 2 atom stereocenters. The van der Waals surface area contributed by atoms with Gasteiger partial charge in [0.05, 0.1) is 0 Å². The molecule has 144 valence electrons. The van der Waals surface area contributed by atoms with Crippen LogP contribution in [0.3, 0.4) is 0 Å². The van der Waals surface area contributed by atoms with E-state index in [1.807, 2.05) is 30.3 Å². The van der Waals surface area contributed by atoms with E-state index in [1.165, 1.54) is 0 Å². The molecule has 1 aliphatic carbocycles. The minimum atomic E-state index is -2.64. The Morgan fingerprint density at radius 3 is 2.65 bits per heavy atom. The Kier molecular flexibility index (Phi) is 7.36. The van der Waals surface area contributed by atoms with Gasteiger partial charge in [0, 0.05) is 31.8 Å². The second-order valence-corrected chi connectivity index (χ2v) is 6.99. The lowest BCUT2D eigenvalue weighted by molar-refractivity contribution is -0.137. The number of halogens is 2. The third-order valence-electron chi connectivity index (χ3n) is 4.66. The first-order valence-electron chi connectivity index (χ1n) is 9.02. The Balaban J connectivity index is 1.83. The van der Waals surface area contributed by atoms with Gasteiger partial charge in [-0.1, -0.05) is 30.3 Å². The second-order valence-electron chi connectivity index (χ2n) is 6.99. The van der Waals surface area contributed by atoms with Crippen LogP contribution >= 0.6 is 0 Å². The van der Waals surface area contributed by atoms with Gasteiger partial charge < -0.3 is 15.7 Å². The number of nitrogens with one attached hydrogen (secondary N) is 2. The highest BCUT2D eigenvalue weighted by atomic mass is 19.3. The zero-order chi connectivity index (χ0) is 19.0. The number of rotatable bonds is 8. The van der Waals surface area contributed by atoms with Crippen molar-refractivity contribution < 1.29 is 23.5 Å². The van der Waals surface area contributed by atoms with Crippen molar-refractivity contribution in [3.05, 3.63) is 35.9 Å². The lowest BCUT2D eigenvalue weighted by Gasteiger charge is -2.29. The molecule has 26 heavy (non-hydrogen) atoms. The van der Waals surface area contributed by atoms with Crippen LogP contribution in [0.5, 0.6) is 0 Å². The van der Waals surface area contributed by atoms with Crippen LogP contribution in [0.2, 0.25) is 0 Å². The van der Waals surface area contributed by atoms with Gasteiger partial charge in [0.1, 0.15) is 0 Å². The molecule has 2 amide bonds. The molecular formula is C19H26F2N2O3. The first-order chi connectivity index (χ1) is 12.3. The molecule has 0 spiro atoms. The maximum Gasteiger partial charge on any atom is 0.315 e. The number of carbonyl (C=O) groups is 2. The standard InChI is InChI=1S/C19H26F2N2O3/c20-19(21)10-4-7-15(12-19)13-22-18(26)23-16(8-9-17(24)25)11-14-5-2-1-3-6-14/h1-3,5-6,15-16H,4,7-13H2,(H,24,25)(H2,22,23,26). The van der Waals surface area contributed by atoms with Crippen LogP contribution in [0, 0.1) is 5.92 Å². The number of benzene rings is 1. The topological polar surface area (TPSA) is 78.4 Å². The van der Waals surface area contributed by atoms with Crippen molar-refractivity contribution in [1.82, 2.24) is 10.6 Å². The van der Waals surface area contributed by atoms with Gasteiger partial charge >= 0.3 is 12.0 Å². The van der Waals surface area contributed by atoms with Crippen molar-refractivity contribution in [3.8, 4) is 0 Å².